The van der Waals surface area contributed by atoms with E-state index in [4.69, 9.17) is 0 Å². The molecule has 1 amide bonds. The van der Waals surface area contributed by atoms with Crippen LogP contribution in [0.25, 0.3) is 0 Å². The molecule has 0 saturated carbocycles. The standard InChI is InChI=1S/C15H14F3N3O3S/c1-3-8-25(2,23)21-13(22)11-6-4-10(5-7-11)9-12-19-14(24-20-12)15(16,17)18/h3-7H,1,8-9H2,2H3. The van der Waals surface area contributed by atoms with E-state index in [1.165, 1.54) is 36.6 Å². The summed E-state index contributed by atoms with van der Waals surface area (Å²) in [7, 11) is -2.68. The summed E-state index contributed by atoms with van der Waals surface area (Å²) in [6, 6.07) is 5.93. The number of rotatable bonds is 5. The number of aromatic nitrogens is 2. The molecule has 25 heavy (non-hydrogen) atoms. The molecule has 0 spiro atoms. The third-order valence-electron chi connectivity index (χ3n) is 2.98. The molecule has 1 heterocycles. The maximum Gasteiger partial charge on any atom is 0.471 e. The summed E-state index contributed by atoms with van der Waals surface area (Å²) < 4.78 is 57.0. The zero-order valence-corrected chi connectivity index (χ0v) is 13.9. The van der Waals surface area contributed by atoms with Crippen LogP contribution in [-0.2, 0) is 22.3 Å². The minimum atomic E-state index is -4.69. The Labute approximate surface area is 141 Å². The molecule has 0 bridgehead atoms. The van der Waals surface area contributed by atoms with Gasteiger partial charge in [-0.3, -0.25) is 4.79 Å². The maximum absolute atomic E-state index is 12.4. The van der Waals surface area contributed by atoms with Crippen LogP contribution in [0.15, 0.2) is 45.8 Å². The molecule has 2 rings (SSSR count). The van der Waals surface area contributed by atoms with Gasteiger partial charge in [-0.2, -0.15) is 22.5 Å². The first-order valence-electron chi connectivity index (χ1n) is 6.94. The Morgan fingerprint density at radius 3 is 2.52 bits per heavy atom. The average molecular weight is 373 g/mol. The number of amides is 1. The van der Waals surface area contributed by atoms with Gasteiger partial charge >= 0.3 is 12.1 Å². The van der Waals surface area contributed by atoms with Gasteiger partial charge in [0.15, 0.2) is 5.82 Å². The Bertz CT molecular complexity index is 895. The summed E-state index contributed by atoms with van der Waals surface area (Å²) in [6.45, 7) is 3.45. The number of carbonyl (C=O) groups is 1. The summed E-state index contributed by atoms with van der Waals surface area (Å²) in [4.78, 5) is 15.2. The second-order valence-corrected chi connectivity index (χ2v) is 7.63. The van der Waals surface area contributed by atoms with Crippen LogP contribution in [0, 0.1) is 0 Å². The molecule has 2 aromatic rings. The summed E-state index contributed by atoms with van der Waals surface area (Å²) in [5.41, 5.74) is 0.792. The molecule has 0 N–H and O–H groups in total. The van der Waals surface area contributed by atoms with Gasteiger partial charge in [-0.25, -0.2) is 4.21 Å². The van der Waals surface area contributed by atoms with Gasteiger partial charge in [0.2, 0.25) is 0 Å². The van der Waals surface area contributed by atoms with Crippen molar-refractivity contribution in [1.29, 1.82) is 0 Å². The molecule has 0 saturated heterocycles. The zero-order chi connectivity index (χ0) is 18.7. The molecule has 1 unspecified atom stereocenters. The van der Waals surface area contributed by atoms with E-state index >= 15 is 0 Å². The first-order valence-corrected chi connectivity index (χ1v) is 9.04. The fourth-order valence-corrected chi connectivity index (χ4v) is 2.84. The van der Waals surface area contributed by atoms with Crippen LogP contribution >= 0.6 is 0 Å². The zero-order valence-electron chi connectivity index (χ0n) is 13.1. The summed E-state index contributed by atoms with van der Waals surface area (Å²) in [5, 5.41) is 3.27. The Morgan fingerprint density at radius 1 is 1.36 bits per heavy atom. The van der Waals surface area contributed by atoms with Crippen molar-refractivity contribution in [2.75, 3.05) is 12.0 Å². The van der Waals surface area contributed by atoms with Gasteiger partial charge in [0.05, 0.1) is 9.73 Å². The molecular weight excluding hydrogens is 359 g/mol. The van der Waals surface area contributed by atoms with E-state index in [1.54, 1.807) is 0 Å². The second-order valence-electron chi connectivity index (χ2n) is 5.20. The first-order chi connectivity index (χ1) is 11.6. The molecule has 6 nitrogen and oxygen atoms in total. The van der Waals surface area contributed by atoms with Crippen LogP contribution in [0.5, 0.6) is 0 Å². The number of alkyl halides is 3. The average Bonchev–Trinajstić information content (AvgIpc) is 2.96. The van der Waals surface area contributed by atoms with Crippen LogP contribution in [0.3, 0.4) is 0 Å². The van der Waals surface area contributed by atoms with Crippen molar-refractivity contribution in [3.63, 3.8) is 0 Å². The van der Waals surface area contributed by atoms with Crippen LogP contribution in [-0.4, -0.2) is 32.3 Å². The predicted octanol–water partition coefficient (Wildman–Crippen LogP) is 3.10. The minimum Gasteiger partial charge on any atom is -0.329 e. The van der Waals surface area contributed by atoms with Gasteiger partial charge in [0.25, 0.3) is 5.91 Å². The molecule has 1 aromatic heterocycles. The van der Waals surface area contributed by atoms with Gasteiger partial charge in [-0.15, -0.1) is 6.58 Å². The van der Waals surface area contributed by atoms with E-state index < -0.39 is 27.7 Å². The lowest BCUT2D eigenvalue weighted by atomic mass is 10.1. The maximum atomic E-state index is 12.4. The number of carbonyl (C=O) groups excluding carboxylic acids is 1. The lowest BCUT2D eigenvalue weighted by molar-refractivity contribution is -0.159. The van der Waals surface area contributed by atoms with Crippen LogP contribution in [0.2, 0.25) is 0 Å². The summed E-state index contributed by atoms with van der Waals surface area (Å²) >= 11 is 0. The Hall–Kier alpha value is -2.49. The second kappa shape index (κ2) is 7.18. The predicted molar refractivity (Wildman–Crippen MR) is 84.4 cm³/mol. The molecule has 0 aliphatic heterocycles. The molecule has 0 radical (unpaired) electrons. The fraction of sp³-hybridized carbons (Fsp3) is 0.267. The number of hydrogen-bond donors (Lipinski definition) is 0. The molecule has 10 heteroatoms. The first kappa shape index (κ1) is 18.8. The van der Waals surface area contributed by atoms with Crippen molar-refractivity contribution in [3.05, 3.63) is 59.8 Å². The van der Waals surface area contributed by atoms with Crippen molar-refractivity contribution in [1.82, 2.24) is 10.1 Å². The Morgan fingerprint density at radius 2 is 2.00 bits per heavy atom. The minimum absolute atomic E-state index is 0.00613. The number of nitrogens with zero attached hydrogens (tertiary/aromatic N) is 3. The van der Waals surface area contributed by atoms with Crippen molar-refractivity contribution in [2.45, 2.75) is 12.6 Å². The molecule has 0 aliphatic rings. The molecule has 0 aliphatic carbocycles. The number of halogens is 3. The normalized spacial score (nSPS) is 13.9. The van der Waals surface area contributed by atoms with Crippen molar-refractivity contribution in [2.24, 2.45) is 4.36 Å². The highest BCUT2D eigenvalue weighted by Crippen LogP contribution is 2.27. The Kier molecular flexibility index (Phi) is 5.41. The van der Waals surface area contributed by atoms with Gasteiger partial charge in [0.1, 0.15) is 0 Å². The largest absolute Gasteiger partial charge is 0.471 e. The van der Waals surface area contributed by atoms with E-state index in [0.29, 0.717) is 5.56 Å². The smallest absolute Gasteiger partial charge is 0.329 e. The van der Waals surface area contributed by atoms with Crippen LogP contribution < -0.4 is 0 Å². The third kappa shape index (κ3) is 5.24. The van der Waals surface area contributed by atoms with E-state index in [9.17, 15) is 22.2 Å². The quantitative estimate of drug-likeness (QED) is 0.752. The molecular formula is C15H14F3N3O3S. The SMILES string of the molecule is C=CCS(C)(=O)=NC(=O)c1ccc(Cc2noc(C(F)(F)F)n2)cc1. The van der Waals surface area contributed by atoms with Crippen LogP contribution in [0.1, 0.15) is 27.6 Å². The van der Waals surface area contributed by atoms with Gasteiger partial charge < -0.3 is 4.52 Å². The van der Waals surface area contributed by atoms with Gasteiger partial charge in [-0.1, -0.05) is 23.4 Å². The number of hydrogen-bond acceptors (Lipinski definition) is 5. The monoisotopic (exact) mass is 373 g/mol. The topological polar surface area (TPSA) is 85.4 Å². The van der Waals surface area contributed by atoms with E-state index in [2.05, 4.69) is 25.6 Å². The number of benzene rings is 1. The Balaban J connectivity index is 2.12. The fourth-order valence-electron chi connectivity index (χ4n) is 1.87. The van der Waals surface area contributed by atoms with Crippen molar-refractivity contribution < 1.29 is 26.7 Å². The molecule has 134 valence electrons. The van der Waals surface area contributed by atoms with Crippen LogP contribution in [0.4, 0.5) is 13.2 Å². The van der Waals surface area contributed by atoms with E-state index in [-0.39, 0.29) is 23.6 Å². The van der Waals surface area contributed by atoms with E-state index in [0.717, 1.165) is 0 Å². The van der Waals surface area contributed by atoms with E-state index in [1.807, 2.05) is 0 Å². The summed E-state index contributed by atoms with van der Waals surface area (Å²) in [5.74, 6) is -2.08. The summed E-state index contributed by atoms with van der Waals surface area (Å²) in [6.07, 6.45) is -1.91. The van der Waals surface area contributed by atoms with Gasteiger partial charge in [0, 0.05) is 24.0 Å². The molecule has 1 aromatic carbocycles. The molecule has 1 atom stereocenters. The van der Waals surface area contributed by atoms with Gasteiger partial charge in [-0.05, 0) is 17.7 Å². The third-order valence-corrected chi connectivity index (χ3v) is 4.38. The molecule has 0 fully saturated rings. The lowest BCUT2D eigenvalue weighted by Crippen LogP contribution is -2.06. The van der Waals surface area contributed by atoms with Crippen molar-refractivity contribution >= 4 is 15.6 Å². The highest BCUT2D eigenvalue weighted by atomic mass is 32.2. The lowest BCUT2D eigenvalue weighted by Gasteiger charge is -2.02. The highest BCUT2D eigenvalue weighted by molar-refractivity contribution is 7.93. The van der Waals surface area contributed by atoms with Crippen molar-refractivity contribution in [3.8, 4) is 0 Å². The highest BCUT2D eigenvalue weighted by Gasteiger charge is 2.38.